The van der Waals surface area contributed by atoms with Crippen LogP contribution in [0.25, 0.3) is 21.3 Å². The van der Waals surface area contributed by atoms with Crippen LogP contribution in [0.4, 0.5) is 0 Å². The number of nitrogens with zero attached hydrogens (tertiary/aromatic N) is 4. The molecular weight excluding hydrogens is 256 g/mol. The summed E-state index contributed by atoms with van der Waals surface area (Å²) in [4.78, 5) is 18.3. The predicted molar refractivity (Wildman–Crippen MR) is 75.0 cm³/mol. The lowest BCUT2D eigenvalue weighted by molar-refractivity contribution is -0.140. The van der Waals surface area contributed by atoms with Crippen molar-refractivity contribution in [3.8, 4) is 0 Å². The molecule has 1 aromatic carbocycles. The molecule has 0 aliphatic heterocycles. The molecule has 0 spiro atoms. The van der Waals surface area contributed by atoms with Crippen LogP contribution in [0.1, 0.15) is 12.0 Å². The third-order valence-corrected chi connectivity index (χ3v) is 2.99. The van der Waals surface area contributed by atoms with Gasteiger partial charge in [0.05, 0.1) is 25.1 Å². The summed E-state index contributed by atoms with van der Waals surface area (Å²) >= 11 is 0. The second-order valence-electron chi connectivity index (χ2n) is 4.37. The summed E-state index contributed by atoms with van der Waals surface area (Å²) in [5.41, 5.74) is 10.4. The van der Waals surface area contributed by atoms with E-state index >= 15 is 0 Å². The van der Waals surface area contributed by atoms with Gasteiger partial charge in [0, 0.05) is 16.5 Å². The molecule has 1 aromatic heterocycles. The molecule has 2 aromatic rings. The number of esters is 1. The summed E-state index contributed by atoms with van der Waals surface area (Å²) in [6.45, 7) is 0. The summed E-state index contributed by atoms with van der Waals surface area (Å²) in [6.07, 6.45) is 2.28. The number of aromatic nitrogens is 1. The summed E-state index contributed by atoms with van der Waals surface area (Å²) in [5.74, 6) is -0.388. The third kappa shape index (κ3) is 3.46. The maximum Gasteiger partial charge on any atom is 0.305 e. The third-order valence-electron chi connectivity index (χ3n) is 2.99. The Morgan fingerprint density at radius 1 is 1.50 bits per heavy atom. The van der Waals surface area contributed by atoms with Crippen molar-refractivity contribution in [3.05, 3.63) is 52.5 Å². The van der Waals surface area contributed by atoms with Gasteiger partial charge in [-0.15, -0.1) is 0 Å². The Balaban J connectivity index is 2.19. The molecule has 20 heavy (non-hydrogen) atoms. The Morgan fingerprint density at radius 2 is 2.35 bits per heavy atom. The van der Waals surface area contributed by atoms with Gasteiger partial charge in [-0.1, -0.05) is 23.3 Å². The highest BCUT2D eigenvalue weighted by Crippen LogP contribution is 2.16. The molecule has 0 unspecified atom stereocenters. The predicted octanol–water partition coefficient (Wildman–Crippen LogP) is 3.02. The normalized spacial score (nSPS) is 11.7. The monoisotopic (exact) mass is 270 g/mol. The fourth-order valence-electron chi connectivity index (χ4n) is 2.01. The van der Waals surface area contributed by atoms with Gasteiger partial charge in [0.15, 0.2) is 0 Å². The van der Waals surface area contributed by atoms with Gasteiger partial charge in [0.1, 0.15) is 0 Å². The highest BCUT2D eigenvalue weighted by atomic mass is 16.5. The van der Waals surface area contributed by atoms with E-state index in [0.29, 0.717) is 6.42 Å². The minimum atomic E-state index is -0.450. The zero-order valence-electron chi connectivity index (χ0n) is 11.1. The Morgan fingerprint density at radius 3 is 3.10 bits per heavy atom. The molecule has 6 nitrogen and oxygen atoms in total. The van der Waals surface area contributed by atoms with E-state index in [1.807, 2.05) is 30.3 Å². The molecule has 102 valence electrons. The fourth-order valence-corrected chi connectivity index (χ4v) is 2.01. The maximum atomic E-state index is 11.3. The quantitative estimate of drug-likeness (QED) is 0.362. The first-order valence-electron chi connectivity index (χ1n) is 6.17. The van der Waals surface area contributed by atoms with Crippen molar-refractivity contribution in [2.24, 2.45) is 5.11 Å². The number of benzene rings is 1. The summed E-state index contributed by atoms with van der Waals surface area (Å²) < 4.78 is 4.60. The standard InChI is InChI=1S/C14H14N4O2/c1-20-14(19)9-12(17-18-15)7-10-4-5-11-3-2-6-16-13(11)8-10/h2-6,8,12H,7,9H2,1H3/t12-/m1/s1. The van der Waals surface area contributed by atoms with Gasteiger partial charge in [-0.25, -0.2) is 0 Å². The lowest BCUT2D eigenvalue weighted by Crippen LogP contribution is -2.15. The topological polar surface area (TPSA) is 88.0 Å². The first-order chi connectivity index (χ1) is 9.72. The molecule has 1 atom stereocenters. The molecule has 0 radical (unpaired) electrons. The van der Waals surface area contributed by atoms with Gasteiger partial charge in [-0.2, -0.15) is 0 Å². The van der Waals surface area contributed by atoms with Gasteiger partial charge in [-0.05, 0) is 29.6 Å². The van der Waals surface area contributed by atoms with Crippen LogP contribution in [0.5, 0.6) is 0 Å². The van der Waals surface area contributed by atoms with E-state index in [4.69, 9.17) is 5.53 Å². The van der Waals surface area contributed by atoms with E-state index in [9.17, 15) is 4.79 Å². The molecule has 0 aliphatic rings. The Kier molecular flexibility index (Phi) is 4.52. The zero-order valence-corrected chi connectivity index (χ0v) is 11.1. The highest BCUT2D eigenvalue weighted by Gasteiger charge is 2.13. The van der Waals surface area contributed by atoms with Gasteiger partial charge in [0.25, 0.3) is 0 Å². The van der Waals surface area contributed by atoms with Crippen molar-refractivity contribution in [1.29, 1.82) is 0 Å². The first-order valence-corrected chi connectivity index (χ1v) is 6.17. The number of hydrogen-bond acceptors (Lipinski definition) is 4. The van der Waals surface area contributed by atoms with E-state index in [0.717, 1.165) is 16.5 Å². The van der Waals surface area contributed by atoms with Crippen LogP contribution >= 0.6 is 0 Å². The van der Waals surface area contributed by atoms with E-state index in [2.05, 4.69) is 19.7 Å². The second kappa shape index (κ2) is 6.54. The highest BCUT2D eigenvalue weighted by molar-refractivity contribution is 5.78. The van der Waals surface area contributed by atoms with Crippen LogP contribution in [0.2, 0.25) is 0 Å². The second-order valence-corrected chi connectivity index (χ2v) is 4.37. The van der Waals surface area contributed by atoms with Gasteiger partial charge >= 0.3 is 5.97 Å². The molecule has 0 aliphatic carbocycles. The van der Waals surface area contributed by atoms with E-state index in [-0.39, 0.29) is 12.4 Å². The first kappa shape index (κ1) is 13.8. The van der Waals surface area contributed by atoms with Crippen molar-refractivity contribution in [1.82, 2.24) is 4.98 Å². The van der Waals surface area contributed by atoms with Crippen LogP contribution in [0.15, 0.2) is 41.6 Å². The largest absolute Gasteiger partial charge is 0.469 e. The van der Waals surface area contributed by atoms with E-state index < -0.39 is 6.04 Å². The Labute approximate surface area is 116 Å². The number of carbonyl (C=O) groups excluding carboxylic acids is 1. The molecule has 1 heterocycles. The fraction of sp³-hybridized carbons (Fsp3) is 0.286. The summed E-state index contributed by atoms with van der Waals surface area (Å²) in [6, 6.07) is 9.25. The number of ether oxygens (including phenoxy) is 1. The molecule has 0 bridgehead atoms. The van der Waals surface area contributed by atoms with Gasteiger partial charge in [-0.3, -0.25) is 9.78 Å². The molecular formula is C14H14N4O2. The SMILES string of the molecule is COC(=O)C[C@@H](Cc1ccc2cccnc2c1)N=[N+]=[N-]. The van der Waals surface area contributed by atoms with E-state index in [1.165, 1.54) is 7.11 Å². The van der Waals surface area contributed by atoms with Gasteiger partial charge < -0.3 is 4.74 Å². The Hall–Kier alpha value is -2.59. The van der Waals surface area contributed by atoms with Crippen LogP contribution in [0.3, 0.4) is 0 Å². The number of fused-ring (bicyclic) bond motifs is 1. The number of carbonyl (C=O) groups is 1. The lowest BCUT2D eigenvalue weighted by atomic mass is 10.0. The van der Waals surface area contributed by atoms with Crippen LogP contribution in [-0.4, -0.2) is 24.1 Å². The molecule has 0 fully saturated rings. The average Bonchev–Trinajstić information content (AvgIpc) is 2.47. The molecule has 2 rings (SSSR count). The smallest absolute Gasteiger partial charge is 0.305 e. The molecule has 0 N–H and O–H groups in total. The van der Waals surface area contributed by atoms with E-state index in [1.54, 1.807) is 6.20 Å². The molecule has 6 heteroatoms. The van der Waals surface area contributed by atoms with Crippen molar-refractivity contribution in [2.75, 3.05) is 7.11 Å². The number of azide groups is 1. The van der Waals surface area contributed by atoms with Gasteiger partial charge in [0.2, 0.25) is 0 Å². The Bertz CT molecular complexity index is 665. The maximum absolute atomic E-state index is 11.3. The number of hydrogen-bond donors (Lipinski definition) is 0. The van der Waals surface area contributed by atoms with Crippen LogP contribution in [-0.2, 0) is 16.0 Å². The number of pyridine rings is 1. The van der Waals surface area contributed by atoms with Crippen molar-refractivity contribution >= 4 is 16.9 Å². The summed E-state index contributed by atoms with van der Waals surface area (Å²) in [5, 5.41) is 4.69. The summed E-state index contributed by atoms with van der Waals surface area (Å²) in [7, 11) is 1.31. The molecule has 0 saturated heterocycles. The van der Waals surface area contributed by atoms with Crippen molar-refractivity contribution in [3.63, 3.8) is 0 Å². The molecule has 0 amide bonds. The minimum Gasteiger partial charge on any atom is -0.469 e. The molecule has 0 saturated carbocycles. The number of methoxy groups -OCH3 is 1. The number of rotatable bonds is 5. The van der Waals surface area contributed by atoms with Crippen molar-refractivity contribution in [2.45, 2.75) is 18.9 Å². The zero-order chi connectivity index (χ0) is 14.4. The minimum absolute atomic E-state index is 0.0703. The van der Waals surface area contributed by atoms with Crippen molar-refractivity contribution < 1.29 is 9.53 Å². The van der Waals surface area contributed by atoms with Crippen LogP contribution < -0.4 is 0 Å². The average molecular weight is 270 g/mol. The van der Waals surface area contributed by atoms with Crippen LogP contribution in [0, 0.1) is 0 Å². The lowest BCUT2D eigenvalue weighted by Gasteiger charge is -2.10.